The quantitative estimate of drug-likeness (QED) is 0.784. The van der Waals surface area contributed by atoms with Crippen LogP contribution in [0, 0.1) is 0 Å². The Balaban J connectivity index is 2.05. The van der Waals surface area contributed by atoms with Crippen molar-refractivity contribution < 1.29 is 4.79 Å². The van der Waals surface area contributed by atoms with E-state index < -0.39 is 0 Å². The summed E-state index contributed by atoms with van der Waals surface area (Å²) >= 11 is 3.40. The van der Waals surface area contributed by atoms with Crippen molar-refractivity contribution in [3.8, 4) is 0 Å². The lowest BCUT2D eigenvalue weighted by Gasteiger charge is -2.20. The third-order valence-electron chi connectivity index (χ3n) is 3.26. The lowest BCUT2D eigenvalue weighted by atomic mass is 10.3. The van der Waals surface area contributed by atoms with E-state index in [0.717, 1.165) is 36.1 Å². The predicted octanol–water partition coefficient (Wildman–Crippen LogP) is 4.24. The molecule has 0 bridgehead atoms. The fraction of sp³-hybridized carbons (Fsp3) is 0.353. The SMILES string of the molecule is CCCN(CCC)C(=O)c1cnc(Nc2ccc(Br)cc2)cn1. The van der Waals surface area contributed by atoms with Gasteiger partial charge in [-0.25, -0.2) is 9.97 Å². The van der Waals surface area contributed by atoms with Gasteiger partial charge in [-0.3, -0.25) is 4.79 Å². The highest BCUT2D eigenvalue weighted by Crippen LogP contribution is 2.17. The summed E-state index contributed by atoms with van der Waals surface area (Å²) in [4.78, 5) is 22.8. The number of benzene rings is 1. The molecule has 23 heavy (non-hydrogen) atoms. The zero-order chi connectivity index (χ0) is 16.7. The predicted molar refractivity (Wildman–Crippen MR) is 95.9 cm³/mol. The molecule has 0 saturated heterocycles. The molecule has 1 heterocycles. The maximum Gasteiger partial charge on any atom is 0.274 e. The van der Waals surface area contributed by atoms with Crippen molar-refractivity contribution in [2.24, 2.45) is 0 Å². The minimum absolute atomic E-state index is 0.0589. The second-order valence-corrected chi connectivity index (χ2v) is 6.13. The van der Waals surface area contributed by atoms with E-state index in [1.54, 1.807) is 6.20 Å². The molecular formula is C17H21BrN4O. The number of hydrogen-bond acceptors (Lipinski definition) is 4. The molecule has 2 rings (SSSR count). The number of aromatic nitrogens is 2. The van der Waals surface area contributed by atoms with Gasteiger partial charge >= 0.3 is 0 Å². The molecular weight excluding hydrogens is 356 g/mol. The molecule has 0 saturated carbocycles. The summed E-state index contributed by atoms with van der Waals surface area (Å²) in [5, 5.41) is 3.16. The van der Waals surface area contributed by atoms with Gasteiger partial charge < -0.3 is 10.2 Å². The number of carbonyl (C=O) groups excluding carboxylic acids is 1. The zero-order valence-electron chi connectivity index (χ0n) is 13.4. The molecule has 0 fully saturated rings. The van der Waals surface area contributed by atoms with Crippen LogP contribution in [0.2, 0.25) is 0 Å². The largest absolute Gasteiger partial charge is 0.339 e. The van der Waals surface area contributed by atoms with Crippen LogP contribution >= 0.6 is 15.9 Å². The van der Waals surface area contributed by atoms with Gasteiger partial charge in [-0.15, -0.1) is 0 Å². The lowest BCUT2D eigenvalue weighted by molar-refractivity contribution is 0.0749. The van der Waals surface area contributed by atoms with Gasteiger partial charge in [-0.2, -0.15) is 0 Å². The van der Waals surface area contributed by atoms with E-state index in [1.807, 2.05) is 29.2 Å². The summed E-state index contributed by atoms with van der Waals surface area (Å²) in [5.41, 5.74) is 1.30. The summed E-state index contributed by atoms with van der Waals surface area (Å²) in [5.74, 6) is 0.554. The van der Waals surface area contributed by atoms with Gasteiger partial charge in [-0.05, 0) is 37.1 Å². The monoisotopic (exact) mass is 376 g/mol. The lowest BCUT2D eigenvalue weighted by Crippen LogP contribution is -2.33. The number of carbonyl (C=O) groups is 1. The van der Waals surface area contributed by atoms with Crippen LogP contribution < -0.4 is 5.32 Å². The van der Waals surface area contributed by atoms with Crippen molar-refractivity contribution in [2.45, 2.75) is 26.7 Å². The zero-order valence-corrected chi connectivity index (χ0v) is 15.0. The smallest absolute Gasteiger partial charge is 0.274 e. The first-order valence-corrected chi connectivity index (χ1v) is 8.57. The van der Waals surface area contributed by atoms with Crippen LogP contribution in [0.4, 0.5) is 11.5 Å². The Morgan fingerprint density at radius 2 is 1.74 bits per heavy atom. The number of anilines is 2. The van der Waals surface area contributed by atoms with E-state index in [4.69, 9.17) is 0 Å². The molecule has 5 nitrogen and oxygen atoms in total. The fourth-order valence-corrected chi connectivity index (χ4v) is 2.47. The second kappa shape index (κ2) is 8.62. The van der Waals surface area contributed by atoms with Crippen LogP contribution in [0.25, 0.3) is 0 Å². The normalized spacial score (nSPS) is 10.4. The van der Waals surface area contributed by atoms with Crippen LogP contribution in [0.5, 0.6) is 0 Å². The molecule has 1 amide bonds. The van der Waals surface area contributed by atoms with Crippen LogP contribution in [0.3, 0.4) is 0 Å². The Bertz CT molecular complexity index is 622. The van der Waals surface area contributed by atoms with E-state index >= 15 is 0 Å². The van der Waals surface area contributed by atoms with Crippen molar-refractivity contribution >= 4 is 33.3 Å². The fourth-order valence-electron chi connectivity index (χ4n) is 2.20. The van der Waals surface area contributed by atoms with Crippen molar-refractivity contribution in [3.63, 3.8) is 0 Å². The number of nitrogens with one attached hydrogen (secondary N) is 1. The van der Waals surface area contributed by atoms with Crippen molar-refractivity contribution in [1.29, 1.82) is 0 Å². The highest BCUT2D eigenvalue weighted by atomic mass is 79.9. The molecule has 0 aliphatic rings. The van der Waals surface area contributed by atoms with Crippen molar-refractivity contribution in [2.75, 3.05) is 18.4 Å². The van der Waals surface area contributed by atoms with E-state index in [1.165, 1.54) is 6.20 Å². The Hall–Kier alpha value is -1.95. The van der Waals surface area contributed by atoms with E-state index in [-0.39, 0.29) is 5.91 Å². The van der Waals surface area contributed by atoms with Gasteiger partial charge in [0.15, 0.2) is 0 Å². The Morgan fingerprint density at radius 3 is 2.26 bits per heavy atom. The summed E-state index contributed by atoms with van der Waals surface area (Å²) < 4.78 is 1.02. The average Bonchev–Trinajstić information content (AvgIpc) is 2.57. The Morgan fingerprint density at radius 1 is 1.09 bits per heavy atom. The van der Waals surface area contributed by atoms with Gasteiger partial charge in [0.1, 0.15) is 11.5 Å². The summed E-state index contributed by atoms with van der Waals surface area (Å²) in [6.45, 7) is 5.61. The number of halogens is 1. The molecule has 6 heteroatoms. The van der Waals surface area contributed by atoms with Crippen LogP contribution in [0.15, 0.2) is 41.1 Å². The standard InChI is InChI=1S/C17H21BrN4O/c1-3-9-22(10-4-2)17(23)15-11-20-16(12-19-15)21-14-7-5-13(18)6-8-14/h5-8,11-12H,3-4,9-10H2,1-2H3,(H,20,21). The van der Waals surface area contributed by atoms with E-state index in [9.17, 15) is 4.79 Å². The molecule has 1 aromatic carbocycles. The first kappa shape index (κ1) is 17.4. The Kier molecular flexibility index (Phi) is 6.52. The first-order chi connectivity index (χ1) is 11.1. The van der Waals surface area contributed by atoms with Gasteiger partial charge in [0.05, 0.1) is 12.4 Å². The molecule has 0 unspecified atom stereocenters. The third kappa shape index (κ3) is 5.03. The van der Waals surface area contributed by atoms with E-state index in [0.29, 0.717) is 11.5 Å². The van der Waals surface area contributed by atoms with Crippen LogP contribution in [-0.2, 0) is 0 Å². The molecule has 0 radical (unpaired) electrons. The number of rotatable bonds is 7. The molecule has 1 aromatic heterocycles. The maximum absolute atomic E-state index is 12.4. The number of nitrogens with zero attached hydrogens (tertiary/aromatic N) is 3. The molecule has 0 aliphatic carbocycles. The maximum atomic E-state index is 12.4. The molecule has 2 aromatic rings. The van der Waals surface area contributed by atoms with Gasteiger partial charge in [0, 0.05) is 23.2 Å². The minimum atomic E-state index is -0.0589. The molecule has 1 N–H and O–H groups in total. The second-order valence-electron chi connectivity index (χ2n) is 5.21. The number of hydrogen-bond donors (Lipinski definition) is 1. The molecule has 0 spiro atoms. The highest BCUT2D eigenvalue weighted by molar-refractivity contribution is 9.10. The topological polar surface area (TPSA) is 58.1 Å². The molecule has 122 valence electrons. The third-order valence-corrected chi connectivity index (χ3v) is 3.79. The van der Waals surface area contributed by atoms with Crippen LogP contribution in [0.1, 0.15) is 37.2 Å². The summed E-state index contributed by atoms with van der Waals surface area (Å²) in [7, 11) is 0. The summed E-state index contributed by atoms with van der Waals surface area (Å²) in [6, 6.07) is 7.77. The van der Waals surface area contributed by atoms with Crippen LogP contribution in [-0.4, -0.2) is 33.9 Å². The number of amides is 1. The minimum Gasteiger partial charge on any atom is -0.339 e. The van der Waals surface area contributed by atoms with Gasteiger partial charge in [0.25, 0.3) is 5.91 Å². The average molecular weight is 377 g/mol. The van der Waals surface area contributed by atoms with Crippen molar-refractivity contribution in [1.82, 2.24) is 14.9 Å². The van der Waals surface area contributed by atoms with Crippen molar-refractivity contribution in [3.05, 3.63) is 46.8 Å². The van der Waals surface area contributed by atoms with Gasteiger partial charge in [-0.1, -0.05) is 29.8 Å². The molecule has 0 atom stereocenters. The van der Waals surface area contributed by atoms with Gasteiger partial charge in [0.2, 0.25) is 0 Å². The first-order valence-electron chi connectivity index (χ1n) is 7.78. The van der Waals surface area contributed by atoms with E-state index in [2.05, 4.69) is 45.1 Å². The summed E-state index contributed by atoms with van der Waals surface area (Å²) in [6.07, 6.45) is 4.98. The molecule has 0 aliphatic heterocycles. The highest BCUT2D eigenvalue weighted by Gasteiger charge is 2.15. The Labute approximate surface area is 145 Å².